The molecule has 0 fully saturated rings. The third-order valence-electron chi connectivity index (χ3n) is 18.8. The summed E-state index contributed by atoms with van der Waals surface area (Å²) in [6.45, 7) is 35.3. The second-order valence-electron chi connectivity index (χ2n) is 27.2. The van der Waals surface area contributed by atoms with Crippen LogP contribution in [0.15, 0.2) is 146 Å². The van der Waals surface area contributed by atoms with E-state index in [-0.39, 0.29) is 16.2 Å². The first-order valence-electron chi connectivity index (χ1n) is 31.2. The van der Waals surface area contributed by atoms with Gasteiger partial charge in [0.15, 0.2) is 0 Å². The van der Waals surface area contributed by atoms with Gasteiger partial charge in [-0.1, -0.05) is 173 Å². The second-order valence-corrected chi connectivity index (χ2v) is 44.7. The molecule has 0 spiro atoms. The van der Waals surface area contributed by atoms with Crippen molar-refractivity contribution in [1.82, 2.24) is 0 Å². The molecule has 1 nitrogen and oxygen atoms in total. The summed E-state index contributed by atoms with van der Waals surface area (Å²) in [6.07, 6.45) is 6.05. The predicted molar refractivity (Wildman–Crippen MR) is 382 cm³/mol. The molecular weight excluding hydrogens is 1130 g/mol. The fraction of sp³-hybridized carbons (Fsp3) is 0.308. The first-order valence-corrected chi connectivity index (χ1v) is 44.1. The number of rotatable bonds is 12. The molecular formula is C78H81NS3Si3. The normalized spacial score (nSPS) is 14.6. The van der Waals surface area contributed by atoms with Crippen molar-refractivity contribution in [2.75, 3.05) is 4.90 Å². The Morgan fingerprint density at radius 1 is 0.306 bits per heavy atom. The fourth-order valence-electron chi connectivity index (χ4n) is 14.2. The summed E-state index contributed by atoms with van der Waals surface area (Å²) in [6, 6.07) is 57.8. The SMILES string of the molecule is CCC1(CC)c2cc(-c3ccc(C#C[Si](C)(C)C)s3)ccc2-c2ccc(N(c3ccc4c(c3)C(CC)(CC)c3cc(-c5ccc(C#C[Si](C)(C)C)s5)ccc3-4)c3ccc4c(c3)C(CC)(CC)c3cc(-c5ccc(C#C[Si](C)(C)C)s5)ccc3-4)cc21. The van der Waals surface area contributed by atoms with E-state index in [1.54, 1.807) is 0 Å². The highest BCUT2D eigenvalue weighted by Crippen LogP contribution is 2.60. The molecule has 7 heteroatoms. The molecule has 0 radical (unpaired) electrons. The van der Waals surface area contributed by atoms with Gasteiger partial charge in [0.05, 0.1) is 14.6 Å². The highest BCUT2D eigenvalue weighted by Gasteiger charge is 2.45. The maximum absolute atomic E-state index is 3.60. The first kappa shape index (κ1) is 58.9. The van der Waals surface area contributed by atoms with Gasteiger partial charge in [0, 0.05) is 47.9 Å². The molecule has 3 aliphatic carbocycles. The molecule has 0 atom stereocenters. The number of hydrogen-bond acceptors (Lipinski definition) is 4. The first-order chi connectivity index (χ1) is 40.6. The largest absolute Gasteiger partial charge is 0.310 e. The Bertz CT molecular complexity index is 3880. The Hall–Kier alpha value is -6.45. The van der Waals surface area contributed by atoms with Crippen molar-refractivity contribution >= 4 is 75.3 Å². The van der Waals surface area contributed by atoms with Crippen molar-refractivity contribution < 1.29 is 0 Å². The fourth-order valence-corrected chi connectivity index (χ4v) is 18.6. The average molecular weight is 1210 g/mol. The maximum atomic E-state index is 3.60. The molecule has 0 amide bonds. The van der Waals surface area contributed by atoms with Gasteiger partial charge in [-0.05, 0) is 213 Å². The smallest absolute Gasteiger partial charge is 0.129 e. The van der Waals surface area contributed by atoms with E-state index in [1.165, 1.54) is 115 Å². The van der Waals surface area contributed by atoms with Crippen molar-refractivity contribution in [2.24, 2.45) is 0 Å². The third kappa shape index (κ3) is 10.4. The van der Waals surface area contributed by atoms with E-state index in [9.17, 15) is 0 Å². The zero-order chi connectivity index (χ0) is 60.0. The molecule has 0 saturated heterocycles. The Morgan fingerprint density at radius 2 is 0.541 bits per heavy atom. The van der Waals surface area contributed by atoms with Gasteiger partial charge < -0.3 is 4.90 Å². The summed E-state index contributed by atoms with van der Waals surface area (Å²) in [5.41, 5.74) is 34.6. The lowest BCUT2D eigenvalue weighted by molar-refractivity contribution is 0.490. The summed E-state index contributed by atoms with van der Waals surface area (Å²) in [7, 11) is -4.50. The molecule has 0 unspecified atom stereocenters. The van der Waals surface area contributed by atoms with Crippen LogP contribution >= 0.6 is 34.0 Å². The summed E-state index contributed by atoms with van der Waals surface area (Å²) in [5, 5.41) is 0. The van der Waals surface area contributed by atoms with E-state index < -0.39 is 24.2 Å². The van der Waals surface area contributed by atoms with Crippen LogP contribution in [-0.2, 0) is 16.2 Å². The van der Waals surface area contributed by atoms with Gasteiger partial charge in [-0.25, -0.2) is 0 Å². The summed E-state index contributed by atoms with van der Waals surface area (Å²) in [5.74, 6) is 10.6. The molecule has 85 heavy (non-hydrogen) atoms. The van der Waals surface area contributed by atoms with Crippen LogP contribution < -0.4 is 4.90 Å². The molecule has 0 saturated carbocycles. The number of thiophene rings is 3. The van der Waals surface area contributed by atoms with Crippen LogP contribution in [0, 0.1) is 34.4 Å². The molecule has 0 bridgehead atoms. The van der Waals surface area contributed by atoms with Crippen LogP contribution in [0.2, 0.25) is 58.9 Å². The highest BCUT2D eigenvalue weighted by molar-refractivity contribution is 7.16. The van der Waals surface area contributed by atoms with Gasteiger partial charge in [-0.15, -0.1) is 50.6 Å². The maximum Gasteiger partial charge on any atom is 0.129 e. The van der Waals surface area contributed by atoms with Crippen molar-refractivity contribution in [3.63, 3.8) is 0 Å². The summed E-state index contributed by atoms with van der Waals surface area (Å²) >= 11 is 5.49. The van der Waals surface area contributed by atoms with Crippen molar-refractivity contribution in [2.45, 2.75) is 155 Å². The quantitative estimate of drug-likeness (QED) is 0.0870. The molecule has 3 aliphatic rings. The lowest BCUT2D eigenvalue weighted by Gasteiger charge is -2.34. The van der Waals surface area contributed by atoms with Crippen LogP contribution in [0.4, 0.5) is 17.1 Å². The Balaban J connectivity index is 0.998. The zero-order valence-corrected chi connectivity index (χ0v) is 58.2. The van der Waals surface area contributed by atoms with E-state index in [1.807, 2.05) is 34.0 Å². The number of nitrogens with zero attached hydrogens (tertiary/aromatic N) is 1. The van der Waals surface area contributed by atoms with Gasteiger partial charge in [-0.3, -0.25) is 0 Å². The summed E-state index contributed by atoms with van der Waals surface area (Å²) < 4.78 is 0. The van der Waals surface area contributed by atoms with Crippen LogP contribution in [0.25, 0.3) is 64.7 Å². The van der Waals surface area contributed by atoms with Gasteiger partial charge in [0.1, 0.15) is 24.2 Å². The van der Waals surface area contributed by atoms with Crippen LogP contribution in [0.1, 0.15) is 128 Å². The lowest BCUT2D eigenvalue weighted by Crippen LogP contribution is -2.25. The molecule has 0 N–H and O–H groups in total. The van der Waals surface area contributed by atoms with Crippen molar-refractivity contribution in [3.05, 3.63) is 194 Å². The third-order valence-corrected chi connectivity index (χ3v) is 24.6. The van der Waals surface area contributed by atoms with Crippen molar-refractivity contribution in [3.8, 4) is 99.1 Å². The molecule has 12 rings (SSSR count). The van der Waals surface area contributed by atoms with E-state index in [4.69, 9.17) is 0 Å². The minimum atomic E-state index is -1.50. The Kier molecular flexibility index (Phi) is 15.3. The Morgan fingerprint density at radius 3 is 0.776 bits per heavy atom. The van der Waals surface area contributed by atoms with E-state index in [2.05, 4.69) is 285 Å². The number of fused-ring (bicyclic) bond motifs is 9. The number of anilines is 3. The molecule has 9 aromatic rings. The molecule has 6 aromatic carbocycles. The van der Waals surface area contributed by atoms with Crippen molar-refractivity contribution in [1.29, 1.82) is 0 Å². The van der Waals surface area contributed by atoms with E-state index in [0.29, 0.717) is 0 Å². The Labute approximate surface area is 524 Å². The monoisotopic (exact) mass is 1210 g/mol. The topological polar surface area (TPSA) is 3.24 Å². The minimum Gasteiger partial charge on any atom is -0.310 e. The van der Waals surface area contributed by atoms with Crippen LogP contribution in [0.5, 0.6) is 0 Å². The van der Waals surface area contributed by atoms with E-state index >= 15 is 0 Å². The summed E-state index contributed by atoms with van der Waals surface area (Å²) in [4.78, 5) is 9.94. The van der Waals surface area contributed by atoms with Crippen LogP contribution in [-0.4, -0.2) is 24.2 Å². The van der Waals surface area contributed by atoms with Gasteiger partial charge in [0.25, 0.3) is 0 Å². The second kappa shape index (κ2) is 22.1. The zero-order valence-electron chi connectivity index (χ0n) is 52.8. The van der Waals surface area contributed by atoms with Gasteiger partial charge in [0.2, 0.25) is 0 Å². The standard InChI is InChI=1S/C78H81NS3Si3/c1-16-76(17-2)67-46-52(73-37-28-58(80-73)40-43-83(7,8)9)22-31-61(67)64-34-25-55(49-70(64)76)79(56-26-35-65-62-32-23-53(47-68(62)77(18-3,19-4)71(65)50-56)74-38-29-59(81-74)41-44-84(10,11)12)57-27-36-66-63-33-24-54(48-69(63)78(20-5,21-6)72(66)51-57)75-39-30-60(82-75)42-45-85(13,14)15/h22-39,46-51H,16-21H2,1-15H3. The molecule has 3 aromatic heterocycles. The molecule has 0 aliphatic heterocycles. The predicted octanol–water partition coefficient (Wildman–Crippen LogP) is 23.3. The van der Waals surface area contributed by atoms with Gasteiger partial charge >= 0.3 is 0 Å². The van der Waals surface area contributed by atoms with E-state index in [0.717, 1.165) is 53.2 Å². The lowest BCUT2D eigenvalue weighted by atomic mass is 9.73. The minimum absolute atomic E-state index is 0.151. The van der Waals surface area contributed by atoms with Gasteiger partial charge in [-0.2, -0.15) is 0 Å². The number of hydrogen-bond donors (Lipinski definition) is 0. The molecule has 3 heterocycles. The van der Waals surface area contributed by atoms with Crippen LogP contribution in [0.3, 0.4) is 0 Å². The average Bonchev–Trinajstić information content (AvgIpc) is 1.93. The number of benzene rings is 6. The molecule has 428 valence electrons. The highest BCUT2D eigenvalue weighted by atomic mass is 32.1.